The first kappa shape index (κ1) is 14.4. The van der Waals surface area contributed by atoms with Gasteiger partial charge < -0.3 is 15.4 Å². The molecule has 0 heterocycles. The lowest BCUT2D eigenvalue weighted by Gasteiger charge is -2.11. The molecule has 18 heavy (non-hydrogen) atoms. The van der Waals surface area contributed by atoms with Crippen LogP contribution in [0.5, 0.6) is 5.75 Å². The van der Waals surface area contributed by atoms with Crippen molar-refractivity contribution in [1.29, 1.82) is 0 Å². The summed E-state index contributed by atoms with van der Waals surface area (Å²) >= 11 is 0. The number of carbonyl (C=O) groups is 1. The van der Waals surface area contributed by atoms with Crippen LogP contribution in [0.4, 0.5) is 4.79 Å². The van der Waals surface area contributed by atoms with Crippen molar-refractivity contribution in [3.8, 4) is 5.75 Å². The topological polar surface area (TPSA) is 50.4 Å². The third-order valence-corrected chi connectivity index (χ3v) is 2.60. The zero-order chi connectivity index (χ0) is 13.5. The van der Waals surface area contributed by atoms with Gasteiger partial charge in [0.25, 0.3) is 0 Å². The van der Waals surface area contributed by atoms with Crippen LogP contribution in [0, 0.1) is 12.8 Å². The molecule has 0 unspecified atom stereocenters. The molecule has 1 aromatic carbocycles. The van der Waals surface area contributed by atoms with E-state index in [0.29, 0.717) is 19.0 Å². The molecule has 0 aromatic heterocycles. The minimum absolute atomic E-state index is 0.136. The van der Waals surface area contributed by atoms with Gasteiger partial charge in [-0.1, -0.05) is 26.0 Å². The summed E-state index contributed by atoms with van der Waals surface area (Å²) in [6, 6.07) is 5.78. The van der Waals surface area contributed by atoms with E-state index in [9.17, 15) is 4.79 Å². The number of nitrogens with one attached hydrogen (secondary N) is 2. The molecule has 1 aromatic rings. The summed E-state index contributed by atoms with van der Waals surface area (Å²) in [6.45, 7) is 7.30. The molecule has 2 N–H and O–H groups in total. The summed E-state index contributed by atoms with van der Waals surface area (Å²) in [6.07, 6.45) is 0. The normalized spacial score (nSPS) is 10.3. The van der Waals surface area contributed by atoms with Gasteiger partial charge in [-0.2, -0.15) is 0 Å². The van der Waals surface area contributed by atoms with E-state index in [2.05, 4.69) is 24.5 Å². The van der Waals surface area contributed by atoms with Gasteiger partial charge in [0.2, 0.25) is 0 Å². The third kappa shape index (κ3) is 4.65. The van der Waals surface area contributed by atoms with Crippen LogP contribution in [-0.2, 0) is 6.54 Å². The van der Waals surface area contributed by atoms with Crippen LogP contribution < -0.4 is 15.4 Å². The highest BCUT2D eigenvalue weighted by Crippen LogP contribution is 2.18. The summed E-state index contributed by atoms with van der Waals surface area (Å²) < 4.78 is 5.24. The van der Waals surface area contributed by atoms with Crippen LogP contribution in [0.1, 0.15) is 25.0 Å². The Morgan fingerprint density at radius 1 is 1.33 bits per heavy atom. The summed E-state index contributed by atoms with van der Waals surface area (Å²) in [7, 11) is 1.65. The van der Waals surface area contributed by atoms with Gasteiger partial charge in [-0.25, -0.2) is 4.79 Å². The van der Waals surface area contributed by atoms with Crippen LogP contribution in [0.25, 0.3) is 0 Å². The summed E-state index contributed by atoms with van der Waals surface area (Å²) in [5.41, 5.74) is 2.11. The van der Waals surface area contributed by atoms with Crippen molar-refractivity contribution in [3.63, 3.8) is 0 Å². The molecule has 0 fully saturated rings. The number of aryl methyl sites for hydroxylation is 1. The Balaban J connectivity index is 2.46. The summed E-state index contributed by atoms with van der Waals surface area (Å²) in [4.78, 5) is 11.5. The van der Waals surface area contributed by atoms with E-state index in [1.807, 2.05) is 25.1 Å². The number of carbonyl (C=O) groups excluding carboxylic acids is 1. The number of rotatable bonds is 5. The van der Waals surface area contributed by atoms with E-state index >= 15 is 0 Å². The molecule has 1 rings (SSSR count). The SMILES string of the molecule is COc1cc(CNC(=O)NCC(C)C)ccc1C. The molecule has 0 saturated carbocycles. The van der Waals surface area contributed by atoms with E-state index in [4.69, 9.17) is 4.74 Å². The molecule has 2 amide bonds. The third-order valence-electron chi connectivity index (χ3n) is 2.60. The van der Waals surface area contributed by atoms with Gasteiger partial charge in [-0.15, -0.1) is 0 Å². The summed E-state index contributed by atoms with van der Waals surface area (Å²) in [5, 5.41) is 5.63. The van der Waals surface area contributed by atoms with Crippen LogP contribution in [-0.4, -0.2) is 19.7 Å². The zero-order valence-corrected chi connectivity index (χ0v) is 11.5. The van der Waals surface area contributed by atoms with E-state index in [1.54, 1.807) is 7.11 Å². The number of amides is 2. The predicted octanol–water partition coefficient (Wildman–Crippen LogP) is 2.46. The van der Waals surface area contributed by atoms with Crippen molar-refractivity contribution in [2.75, 3.05) is 13.7 Å². The molecule has 4 nitrogen and oxygen atoms in total. The molecule has 0 aliphatic carbocycles. The minimum atomic E-state index is -0.136. The molecule has 100 valence electrons. The Labute approximate surface area is 109 Å². The molecule has 0 radical (unpaired) electrons. The predicted molar refractivity (Wildman–Crippen MR) is 72.8 cm³/mol. The van der Waals surface area contributed by atoms with Crippen molar-refractivity contribution in [1.82, 2.24) is 10.6 Å². The van der Waals surface area contributed by atoms with Crippen molar-refractivity contribution >= 4 is 6.03 Å². The van der Waals surface area contributed by atoms with Crippen LogP contribution in [0.2, 0.25) is 0 Å². The molecule has 0 bridgehead atoms. The lowest BCUT2D eigenvalue weighted by atomic mass is 10.1. The fourth-order valence-corrected chi connectivity index (χ4v) is 1.52. The molecule has 0 aliphatic rings. The van der Waals surface area contributed by atoms with Crippen LogP contribution in [0.3, 0.4) is 0 Å². The maximum absolute atomic E-state index is 11.5. The van der Waals surface area contributed by atoms with Crippen molar-refractivity contribution in [2.24, 2.45) is 5.92 Å². The molecule has 0 spiro atoms. The van der Waals surface area contributed by atoms with Gasteiger partial charge in [0.1, 0.15) is 5.75 Å². The molecular formula is C14H22N2O2. The molecule has 0 aliphatic heterocycles. The Hall–Kier alpha value is -1.71. The fourth-order valence-electron chi connectivity index (χ4n) is 1.52. The van der Waals surface area contributed by atoms with Crippen molar-refractivity contribution in [2.45, 2.75) is 27.3 Å². The smallest absolute Gasteiger partial charge is 0.315 e. The lowest BCUT2D eigenvalue weighted by Crippen LogP contribution is -2.37. The van der Waals surface area contributed by atoms with Gasteiger partial charge in [0, 0.05) is 13.1 Å². The quantitative estimate of drug-likeness (QED) is 0.843. The van der Waals surface area contributed by atoms with Gasteiger partial charge >= 0.3 is 6.03 Å². The maximum atomic E-state index is 11.5. The van der Waals surface area contributed by atoms with Gasteiger partial charge in [0.15, 0.2) is 0 Å². The molecule has 0 atom stereocenters. The van der Waals surface area contributed by atoms with E-state index < -0.39 is 0 Å². The lowest BCUT2D eigenvalue weighted by molar-refractivity contribution is 0.239. The van der Waals surface area contributed by atoms with Crippen LogP contribution >= 0.6 is 0 Å². The van der Waals surface area contributed by atoms with E-state index in [0.717, 1.165) is 16.9 Å². The second-order valence-corrected chi connectivity index (χ2v) is 4.76. The first-order valence-electron chi connectivity index (χ1n) is 6.18. The number of hydrogen-bond donors (Lipinski definition) is 2. The number of urea groups is 1. The number of ether oxygens (including phenoxy) is 1. The Bertz CT molecular complexity index is 403. The number of benzene rings is 1. The largest absolute Gasteiger partial charge is 0.496 e. The highest BCUT2D eigenvalue weighted by Gasteiger charge is 2.03. The average molecular weight is 250 g/mol. The van der Waals surface area contributed by atoms with Gasteiger partial charge in [0.05, 0.1) is 7.11 Å². The number of methoxy groups -OCH3 is 1. The van der Waals surface area contributed by atoms with Gasteiger partial charge in [-0.05, 0) is 30.0 Å². The standard InChI is InChI=1S/C14H22N2O2/c1-10(2)8-15-14(17)16-9-12-6-5-11(3)13(7-12)18-4/h5-7,10H,8-9H2,1-4H3,(H2,15,16,17). The highest BCUT2D eigenvalue weighted by molar-refractivity contribution is 5.73. The minimum Gasteiger partial charge on any atom is -0.496 e. The molecular weight excluding hydrogens is 228 g/mol. The summed E-state index contributed by atoms with van der Waals surface area (Å²) in [5.74, 6) is 1.30. The highest BCUT2D eigenvalue weighted by atomic mass is 16.5. The fraction of sp³-hybridized carbons (Fsp3) is 0.500. The first-order chi connectivity index (χ1) is 8.52. The van der Waals surface area contributed by atoms with Crippen LogP contribution in [0.15, 0.2) is 18.2 Å². The Morgan fingerprint density at radius 2 is 2.06 bits per heavy atom. The van der Waals surface area contributed by atoms with Crippen molar-refractivity contribution < 1.29 is 9.53 Å². The Morgan fingerprint density at radius 3 is 2.67 bits per heavy atom. The zero-order valence-electron chi connectivity index (χ0n) is 11.5. The first-order valence-corrected chi connectivity index (χ1v) is 6.18. The molecule has 0 saturated heterocycles. The Kier molecular flexibility index (Phi) is 5.49. The van der Waals surface area contributed by atoms with Crippen molar-refractivity contribution in [3.05, 3.63) is 29.3 Å². The van der Waals surface area contributed by atoms with E-state index in [1.165, 1.54) is 0 Å². The van der Waals surface area contributed by atoms with Gasteiger partial charge in [-0.3, -0.25) is 0 Å². The second-order valence-electron chi connectivity index (χ2n) is 4.76. The number of hydrogen-bond acceptors (Lipinski definition) is 2. The second kappa shape index (κ2) is 6.89. The monoisotopic (exact) mass is 250 g/mol. The molecule has 4 heteroatoms. The average Bonchev–Trinajstić information content (AvgIpc) is 2.35. The van der Waals surface area contributed by atoms with E-state index in [-0.39, 0.29) is 6.03 Å². The maximum Gasteiger partial charge on any atom is 0.315 e.